The number of carbonyl (C=O) groups excluding carboxylic acids is 2. The van der Waals surface area contributed by atoms with Gasteiger partial charge in [0.15, 0.2) is 0 Å². The Morgan fingerprint density at radius 3 is 2.39 bits per heavy atom. The molecule has 1 atom stereocenters. The fraction of sp³-hybridized carbons (Fsp3) is 0.158. The highest BCUT2D eigenvalue weighted by Gasteiger charge is 2.19. The number of thioether (sulfide) groups is 1. The second kappa shape index (κ2) is 8.57. The van der Waals surface area contributed by atoms with Gasteiger partial charge in [0.1, 0.15) is 5.75 Å². The van der Waals surface area contributed by atoms with Crippen molar-refractivity contribution in [3.63, 3.8) is 0 Å². The summed E-state index contributed by atoms with van der Waals surface area (Å²) in [4.78, 5) is 23.4. The van der Waals surface area contributed by atoms with Crippen LogP contribution in [0.5, 0.6) is 5.75 Å². The Balaban J connectivity index is 1.60. The average Bonchev–Trinajstić information content (AvgIpc) is 3.17. The number of aromatic nitrogens is 2. The Bertz CT molecular complexity index is 970. The van der Waals surface area contributed by atoms with Crippen LogP contribution in [0.4, 0.5) is 5.69 Å². The highest BCUT2D eigenvalue weighted by molar-refractivity contribution is 8.00. The van der Waals surface area contributed by atoms with Gasteiger partial charge in [-0.2, -0.15) is 0 Å². The molecule has 9 heteroatoms. The minimum Gasteiger partial charge on any atom is -0.497 e. The minimum absolute atomic E-state index is 0.235. The second-order valence-corrected chi connectivity index (χ2v) is 7.08. The molecular formula is C19H18N4O4S. The number of nitrogens with one attached hydrogen (secondary N) is 1. The number of amides is 2. The topological polar surface area (TPSA) is 120 Å². The Kier molecular flexibility index (Phi) is 5.95. The molecule has 3 rings (SSSR count). The third-order valence-corrected chi connectivity index (χ3v) is 4.76. The maximum atomic E-state index is 12.4. The number of benzene rings is 2. The van der Waals surface area contributed by atoms with E-state index in [2.05, 4.69) is 15.5 Å². The molecule has 0 aliphatic rings. The highest BCUT2D eigenvalue weighted by atomic mass is 32.2. The van der Waals surface area contributed by atoms with E-state index in [0.29, 0.717) is 17.1 Å². The largest absolute Gasteiger partial charge is 0.497 e. The van der Waals surface area contributed by atoms with Crippen LogP contribution in [0, 0.1) is 0 Å². The summed E-state index contributed by atoms with van der Waals surface area (Å²) in [7, 11) is 1.59. The monoisotopic (exact) mass is 398 g/mol. The number of ether oxygens (including phenoxy) is 1. The van der Waals surface area contributed by atoms with Crippen molar-refractivity contribution < 1.29 is 18.7 Å². The van der Waals surface area contributed by atoms with E-state index >= 15 is 0 Å². The first-order valence-corrected chi connectivity index (χ1v) is 9.19. The number of hydrogen-bond acceptors (Lipinski definition) is 7. The lowest BCUT2D eigenvalue weighted by molar-refractivity contribution is -0.115. The highest BCUT2D eigenvalue weighted by Crippen LogP contribution is 2.27. The molecule has 1 heterocycles. The van der Waals surface area contributed by atoms with Gasteiger partial charge >= 0.3 is 0 Å². The molecule has 2 aromatic carbocycles. The molecular weight excluding hydrogens is 380 g/mol. The molecule has 2 amide bonds. The fourth-order valence-corrected chi connectivity index (χ4v) is 2.96. The molecule has 0 unspecified atom stereocenters. The van der Waals surface area contributed by atoms with Crippen molar-refractivity contribution in [2.24, 2.45) is 5.73 Å². The number of carbonyl (C=O) groups is 2. The summed E-state index contributed by atoms with van der Waals surface area (Å²) in [6.45, 7) is 1.73. The van der Waals surface area contributed by atoms with Gasteiger partial charge in [0.25, 0.3) is 5.22 Å². The molecule has 0 spiro atoms. The normalized spacial score (nSPS) is 11.6. The van der Waals surface area contributed by atoms with Gasteiger partial charge in [-0.3, -0.25) is 9.59 Å². The smallest absolute Gasteiger partial charge is 0.277 e. The number of nitrogens with zero attached hydrogens (tertiary/aromatic N) is 2. The van der Waals surface area contributed by atoms with Crippen molar-refractivity contribution in [2.75, 3.05) is 12.4 Å². The Hall–Kier alpha value is -3.33. The third kappa shape index (κ3) is 4.68. The van der Waals surface area contributed by atoms with Crippen LogP contribution in [0.25, 0.3) is 11.5 Å². The van der Waals surface area contributed by atoms with Gasteiger partial charge in [-0.25, -0.2) is 0 Å². The van der Waals surface area contributed by atoms with Gasteiger partial charge in [0.05, 0.1) is 12.4 Å². The lowest BCUT2D eigenvalue weighted by Gasteiger charge is -2.10. The van der Waals surface area contributed by atoms with E-state index in [1.54, 1.807) is 50.4 Å². The third-order valence-electron chi connectivity index (χ3n) is 3.83. The lowest BCUT2D eigenvalue weighted by atomic mass is 10.2. The molecule has 0 saturated carbocycles. The molecule has 0 radical (unpaired) electrons. The zero-order chi connectivity index (χ0) is 20.1. The zero-order valence-electron chi connectivity index (χ0n) is 15.2. The van der Waals surface area contributed by atoms with E-state index in [0.717, 1.165) is 23.1 Å². The predicted molar refractivity (Wildman–Crippen MR) is 105 cm³/mol. The number of primary amides is 1. The van der Waals surface area contributed by atoms with Crippen LogP contribution >= 0.6 is 11.8 Å². The maximum Gasteiger partial charge on any atom is 0.277 e. The van der Waals surface area contributed by atoms with Gasteiger partial charge < -0.3 is 20.2 Å². The summed E-state index contributed by atoms with van der Waals surface area (Å²) in [6.07, 6.45) is 0. The quantitative estimate of drug-likeness (QED) is 0.587. The van der Waals surface area contributed by atoms with E-state index in [4.69, 9.17) is 14.9 Å². The Morgan fingerprint density at radius 1 is 1.11 bits per heavy atom. The van der Waals surface area contributed by atoms with Crippen LogP contribution in [0.15, 0.2) is 58.2 Å². The SMILES string of the molecule is COc1ccc(-c2nnc(S[C@@H](C)C(=O)Nc3ccc(C(N)=O)cc3)o2)cc1. The van der Waals surface area contributed by atoms with Crippen molar-refractivity contribution in [1.29, 1.82) is 0 Å². The van der Waals surface area contributed by atoms with E-state index in [9.17, 15) is 9.59 Å². The first-order chi connectivity index (χ1) is 13.5. The van der Waals surface area contributed by atoms with Crippen molar-refractivity contribution >= 4 is 29.3 Å². The zero-order valence-corrected chi connectivity index (χ0v) is 16.0. The van der Waals surface area contributed by atoms with Gasteiger partial charge in [-0.1, -0.05) is 11.8 Å². The molecule has 3 N–H and O–H groups in total. The molecule has 144 valence electrons. The predicted octanol–water partition coefficient (Wildman–Crippen LogP) is 2.96. The molecule has 3 aromatic rings. The van der Waals surface area contributed by atoms with Crippen LogP contribution < -0.4 is 15.8 Å². The van der Waals surface area contributed by atoms with E-state index in [1.807, 2.05) is 12.1 Å². The van der Waals surface area contributed by atoms with Gasteiger partial charge in [-0.15, -0.1) is 10.2 Å². The Labute approximate surface area is 165 Å². The maximum absolute atomic E-state index is 12.4. The summed E-state index contributed by atoms with van der Waals surface area (Å²) >= 11 is 1.15. The number of hydrogen-bond donors (Lipinski definition) is 2. The van der Waals surface area contributed by atoms with Crippen molar-refractivity contribution in [3.8, 4) is 17.2 Å². The molecule has 28 heavy (non-hydrogen) atoms. The average molecular weight is 398 g/mol. The van der Waals surface area contributed by atoms with E-state index < -0.39 is 11.2 Å². The number of methoxy groups -OCH3 is 1. The molecule has 8 nitrogen and oxygen atoms in total. The Morgan fingerprint density at radius 2 is 1.79 bits per heavy atom. The number of rotatable bonds is 7. The second-order valence-electron chi connectivity index (χ2n) is 5.79. The molecule has 0 fully saturated rings. The van der Waals surface area contributed by atoms with Gasteiger partial charge in [0.2, 0.25) is 17.7 Å². The molecule has 1 aromatic heterocycles. The number of nitrogens with two attached hydrogens (primary N) is 1. The van der Waals surface area contributed by atoms with E-state index in [1.165, 1.54) is 0 Å². The van der Waals surface area contributed by atoms with E-state index in [-0.39, 0.29) is 11.1 Å². The van der Waals surface area contributed by atoms with Crippen LogP contribution in [0.3, 0.4) is 0 Å². The fourth-order valence-electron chi connectivity index (χ4n) is 2.27. The molecule has 0 saturated heterocycles. The molecule has 0 aliphatic heterocycles. The number of anilines is 1. The summed E-state index contributed by atoms with van der Waals surface area (Å²) < 4.78 is 10.7. The summed E-state index contributed by atoms with van der Waals surface area (Å²) in [5, 5.41) is 10.6. The van der Waals surface area contributed by atoms with Gasteiger partial charge in [-0.05, 0) is 55.5 Å². The van der Waals surface area contributed by atoms with Crippen LogP contribution in [0.1, 0.15) is 17.3 Å². The molecule has 0 aliphatic carbocycles. The van der Waals surface area contributed by atoms with Crippen molar-refractivity contribution in [1.82, 2.24) is 10.2 Å². The minimum atomic E-state index is -0.522. The summed E-state index contributed by atoms with van der Waals surface area (Å²) in [5.74, 6) is 0.332. The first-order valence-electron chi connectivity index (χ1n) is 8.31. The van der Waals surface area contributed by atoms with Crippen LogP contribution in [-0.4, -0.2) is 34.4 Å². The van der Waals surface area contributed by atoms with Crippen LogP contribution in [-0.2, 0) is 4.79 Å². The molecule has 0 bridgehead atoms. The van der Waals surface area contributed by atoms with Crippen molar-refractivity contribution in [2.45, 2.75) is 17.4 Å². The van der Waals surface area contributed by atoms with Gasteiger partial charge in [0, 0.05) is 16.8 Å². The summed E-state index contributed by atoms with van der Waals surface area (Å²) in [5.41, 5.74) is 6.89. The standard InChI is InChI=1S/C19H18N4O4S/c1-11(17(25)21-14-7-3-12(4-8-14)16(20)24)28-19-23-22-18(27-19)13-5-9-15(26-2)10-6-13/h3-11H,1-2H3,(H2,20,24)(H,21,25)/t11-/m0/s1. The van der Waals surface area contributed by atoms with Crippen molar-refractivity contribution in [3.05, 3.63) is 54.1 Å². The van der Waals surface area contributed by atoms with Crippen LogP contribution in [0.2, 0.25) is 0 Å². The lowest BCUT2D eigenvalue weighted by Crippen LogP contribution is -2.22. The first kappa shape index (κ1) is 19.4. The summed E-state index contributed by atoms with van der Waals surface area (Å²) in [6, 6.07) is 13.6.